The Balaban J connectivity index is -0.00000155. The van der Waals surface area contributed by atoms with Gasteiger partial charge in [0.1, 0.15) is 34.1 Å². The lowest BCUT2D eigenvalue weighted by molar-refractivity contribution is -0.197. The van der Waals surface area contributed by atoms with Gasteiger partial charge in [0.15, 0.2) is 18.3 Å². The smallest absolute Gasteiger partial charge is 0.374 e. The summed E-state index contributed by atoms with van der Waals surface area (Å²) in [6, 6.07) is 0. The zero-order chi connectivity index (χ0) is 93.6. The van der Waals surface area contributed by atoms with Crippen LogP contribution in [-0.2, 0) is 190 Å². The Labute approximate surface area is 698 Å². The first-order chi connectivity index (χ1) is 55.4. The molecule has 8 atom stereocenters. The summed E-state index contributed by atoms with van der Waals surface area (Å²) in [6.45, 7) is 15.5. The van der Waals surface area contributed by atoms with Gasteiger partial charge in [0, 0.05) is 161 Å². The Hall–Kier alpha value is -4.28. The summed E-state index contributed by atoms with van der Waals surface area (Å²) < 4.78 is 212. The molecule has 0 bridgehead atoms. The number of aliphatic hydroxyl groups is 3. The lowest BCUT2D eigenvalue weighted by atomic mass is 10.2. The maximum atomic E-state index is 12.7. The van der Waals surface area contributed by atoms with Gasteiger partial charge in [-0.15, -0.1) is 5.06 Å². The van der Waals surface area contributed by atoms with Crippen LogP contribution in [0.25, 0.3) is 0 Å². The average Bonchev–Trinajstić information content (AvgIpc) is 0.870. The van der Waals surface area contributed by atoms with Crippen LogP contribution in [0.5, 0.6) is 0 Å². The Bertz CT molecular complexity index is 3530. The quantitative estimate of drug-likeness (QED) is 0.0115. The highest BCUT2D eigenvalue weighted by molar-refractivity contribution is 7.78. The molecule has 0 radical (unpaired) electrons. The van der Waals surface area contributed by atoms with Crippen molar-refractivity contribution >= 4 is 133 Å². The SMILES string of the molecule is CCC(=O)OCC(COP(C)(=O)OCCN)OC(=O)CC.CCC(=O)OCC(COP(C)(=O)OCCNC(=O)CC(O)(P(C)(C)=O)P(=O)(OC)OC)OC(=O)CC.CCC(=O)OCC(COP(C)(=O)OCCNC(=O)CC(O)(P(C)(C)=O)P(=O)(OC)OC)OC(=O)CC.COP(=O)(OC)C(O)(CCCC(=O)ON1C(=O)CCC1=O)P(=O)(OC)OC. The minimum atomic E-state index is -4.39. The molecule has 0 saturated carbocycles. The van der Waals surface area contributed by atoms with E-state index < -0.39 is 192 Å². The second kappa shape index (κ2) is 57.4. The van der Waals surface area contributed by atoms with Gasteiger partial charge in [-0.2, -0.15) is 0 Å². The molecule has 4 amide bonds. The summed E-state index contributed by atoms with van der Waals surface area (Å²) in [5, 5.41) is 29.7. The number of hydrogen-bond acceptors (Lipinski definition) is 45. The molecule has 1 heterocycles. The standard InChI is InChI=1S/2C19H38NO13P3.C13H23NO11P2.C12H24NO7P/c2*1-8-17(22)30-13-15(33-18(23)9-2)14-32-35(7,26)31-11-10-20-16(21)12-19(24,34(5,6)25)36(27,28-3)29-4;1-21-26(19,22-2)13(18,27(20,23-3)24-4)9-5-6-12(17)25-14-10(15)7-8-11(14)16;1-4-11(14)17-8-10(20-12(15)5-2)9-19-21(3,16)18-7-6-13/h2*15,24H,8-14H2,1-7H3,(H,20,21);18H,5-9H2,1-4H3;10H,4-9,13H2,1-3H3. The van der Waals surface area contributed by atoms with E-state index >= 15 is 0 Å². The number of carbonyl (C=O) groups is 11. The zero-order valence-electron chi connectivity index (χ0n) is 71.5. The van der Waals surface area contributed by atoms with Crippen molar-refractivity contribution in [1.82, 2.24) is 15.7 Å². The molecule has 0 aromatic heterocycles. The highest BCUT2D eigenvalue weighted by Gasteiger charge is 2.64. The van der Waals surface area contributed by atoms with E-state index in [-0.39, 0.29) is 137 Å². The van der Waals surface area contributed by atoms with Crippen LogP contribution in [-0.4, -0.2) is 302 Å². The molecule has 1 aliphatic heterocycles. The van der Waals surface area contributed by atoms with Crippen LogP contribution in [0.1, 0.15) is 125 Å². The van der Waals surface area contributed by atoms with Gasteiger partial charge < -0.3 is 137 Å². The van der Waals surface area contributed by atoms with Gasteiger partial charge in [0.25, 0.3) is 16.9 Å². The summed E-state index contributed by atoms with van der Waals surface area (Å²) >= 11 is 0. The summed E-state index contributed by atoms with van der Waals surface area (Å²) in [6.07, 6.45) is -5.05. The number of nitrogens with zero attached hydrogens (tertiary/aromatic N) is 1. The van der Waals surface area contributed by atoms with Gasteiger partial charge in [-0.25, -0.2) is 4.79 Å². The number of hydrogen-bond donors (Lipinski definition) is 6. The number of amides is 4. The van der Waals surface area contributed by atoms with Crippen LogP contribution < -0.4 is 16.4 Å². The Morgan fingerprint density at radius 1 is 0.392 bits per heavy atom. The number of rotatable bonds is 58. The first kappa shape index (κ1) is 120. The first-order valence-corrected chi connectivity index (χ1v) is 53.8. The van der Waals surface area contributed by atoms with E-state index in [9.17, 15) is 109 Å². The number of nitrogens with one attached hydrogen (secondary N) is 2. The Morgan fingerprint density at radius 3 is 0.892 bits per heavy atom. The molecule has 7 N–H and O–H groups in total. The van der Waals surface area contributed by atoms with E-state index in [4.69, 9.17) is 97.5 Å². The van der Waals surface area contributed by atoms with Crippen molar-refractivity contribution in [1.29, 1.82) is 0 Å². The number of nitrogens with two attached hydrogens (primary N) is 1. The van der Waals surface area contributed by atoms with E-state index in [2.05, 4.69) is 15.5 Å². The Morgan fingerprint density at radius 2 is 0.650 bits per heavy atom. The van der Waals surface area contributed by atoms with E-state index in [1.54, 1.807) is 41.5 Å². The van der Waals surface area contributed by atoms with Crippen molar-refractivity contribution in [2.45, 2.75) is 159 Å². The van der Waals surface area contributed by atoms with Crippen molar-refractivity contribution < 1.29 is 206 Å². The number of ether oxygens (including phenoxy) is 6. The number of imide groups is 1. The highest BCUT2D eigenvalue weighted by atomic mass is 31.2. The highest BCUT2D eigenvalue weighted by Crippen LogP contribution is 2.78. The average molecular weight is 1920 g/mol. The predicted octanol–water partition coefficient (Wildman–Crippen LogP) is 7.22. The predicted molar refractivity (Wildman–Crippen MR) is 426 cm³/mol. The maximum Gasteiger partial charge on any atom is 0.374 e. The molecule has 48 nitrogen and oxygen atoms in total. The summed E-state index contributed by atoms with van der Waals surface area (Å²) in [7, 11) is -27.4. The second-order valence-corrected chi connectivity index (χ2v) is 49.4. The fourth-order valence-corrected chi connectivity index (χ4v) is 24.9. The van der Waals surface area contributed by atoms with E-state index in [0.717, 1.165) is 96.9 Å². The molecule has 1 rings (SSSR count). The minimum absolute atomic E-state index is 0.0540. The molecule has 1 fully saturated rings. The fourth-order valence-electron chi connectivity index (χ4n) is 8.70. The molecule has 0 aromatic carbocycles. The number of hydroxylamine groups is 2. The molecule has 704 valence electrons. The number of esters is 6. The lowest BCUT2D eigenvalue weighted by Crippen LogP contribution is -2.38. The van der Waals surface area contributed by atoms with Crippen LogP contribution in [0.4, 0.5) is 0 Å². The molecular weight excluding hydrogens is 1800 g/mol. The van der Waals surface area contributed by atoms with Gasteiger partial charge >= 0.3 is 95.0 Å². The summed E-state index contributed by atoms with van der Waals surface area (Å²) in [5.41, 5.74) is 5.24. The first-order valence-electron chi connectivity index (χ1n) is 36.5. The molecule has 0 aliphatic carbocycles. The van der Waals surface area contributed by atoms with E-state index in [0.29, 0.717) is 5.06 Å². The van der Waals surface area contributed by atoms with Gasteiger partial charge in [-0.3, -0.25) is 79.9 Å². The maximum absolute atomic E-state index is 12.7. The van der Waals surface area contributed by atoms with Crippen LogP contribution in [0.3, 0.4) is 0 Å². The molecule has 120 heavy (non-hydrogen) atoms. The minimum Gasteiger partial charge on any atom is -0.462 e. The molecular formula is C63H123N4O44P9. The van der Waals surface area contributed by atoms with Gasteiger partial charge in [0.2, 0.25) is 22.0 Å². The number of carbonyl (C=O) groups excluding carboxylic acids is 11. The monoisotopic (exact) mass is 1920 g/mol. The topological polar surface area (TPSA) is 649 Å². The van der Waals surface area contributed by atoms with Crippen molar-refractivity contribution in [3.8, 4) is 0 Å². The molecule has 1 aliphatic rings. The molecule has 57 heteroatoms. The van der Waals surface area contributed by atoms with Crippen LogP contribution in [0.15, 0.2) is 0 Å². The van der Waals surface area contributed by atoms with Crippen molar-refractivity contribution in [3.63, 3.8) is 0 Å². The molecule has 8 unspecified atom stereocenters. The van der Waals surface area contributed by atoms with E-state index in [1.807, 2.05) is 0 Å². The molecule has 0 aromatic rings. The third-order valence-corrected chi connectivity index (χ3v) is 37.2. The van der Waals surface area contributed by atoms with Crippen molar-refractivity contribution in [3.05, 3.63) is 0 Å². The van der Waals surface area contributed by atoms with Gasteiger partial charge in [-0.1, -0.05) is 41.5 Å². The second-order valence-electron chi connectivity index (χ2n) is 25.4. The fraction of sp³-hybridized carbons (Fsp3) is 0.825. The lowest BCUT2D eigenvalue weighted by Gasteiger charge is -2.36. The molecule has 1 saturated heterocycles. The van der Waals surface area contributed by atoms with Crippen molar-refractivity contribution in [2.24, 2.45) is 5.73 Å². The van der Waals surface area contributed by atoms with Crippen LogP contribution in [0, 0.1) is 0 Å². The summed E-state index contributed by atoms with van der Waals surface area (Å²) in [4.78, 5) is 132. The zero-order valence-corrected chi connectivity index (χ0v) is 79.6. The van der Waals surface area contributed by atoms with Gasteiger partial charge in [-0.05, 0) is 33.1 Å². The van der Waals surface area contributed by atoms with E-state index in [1.165, 1.54) is 6.66 Å². The summed E-state index contributed by atoms with van der Waals surface area (Å²) in [5.74, 6) is -6.96. The Kier molecular flexibility index (Phi) is 57.4. The normalized spacial score (nSPS) is 16.1. The van der Waals surface area contributed by atoms with Gasteiger partial charge in [0.05, 0.1) is 52.5 Å². The van der Waals surface area contributed by atoms with Crippen molar-refractivity contribution in [2.75, 3.05) is 183 Å². The third kappa shape index (κ3) is 41.9. The van der Waals surface area contributed by atoms with Crippen LogP contribution in [0.2, 0.25) is 0 Å². The van der Waals surface area contributed by atoms with Crippen LogP contribution >= 0.6 is 67.5 Å². The largest absolute Gasteiger partial charge is 0.462 e. The third-order valence-electron chi connectivity index (χ3n) is 15.6. The molecule has 0 spiro atoms.